The fraction of sp³-hybridized carbons (Fsp3) is 0.200. The number of hydrogen-bond acceptors (Lipinski definition) is 5. The Morgan fingerprint density at radius 2 is 2.00 bits per heavy atom. The van der Waals surface area contributed by atoms with E-state index in [2.05, 4.69) is 21.4 Å². The lowest BCUT2D eigenvalue weighted by Gasteiger charge is -2.13. The highest BCUT2D eigenvalue weighted by Crippen LogP contribution is 2.26. The van der Waals surface area contributed by atoms with Crippen LogP contribution in [0.4, 0.5) is 11.5 Å². The van der Waals surface area contributed by atoms with Crippen LogP contribution in [0.25, 0.3) is 5.69 Å². The molecule has 0 saturated carbocycles. The average Bonchev–Trinajstić information content (AvgIpc) is 3.05. The first-order valence-corrected chi connectivity index (χ1v) is 8.83. The molecule has 0 fully saturated rings. The van der Waals surface area contributed by atoms with E-state index >= 15 is 0 Å². The van der Waals surface area contributed by atoms with Crippen molar-refractivity contribution in [1.82, 2.24) is 14.7 Å². The predicted molar refractivity (Wildman–Crippen MR) is 107 cm³/mol. The molecule has 1 heterocycles. The molecule has 0 amide bonds. The molecule has 1 N–H and O–H groups in total. The van der Waals surface area contributed by atoms with E-state index in [1.54, 1.807) is 16.8 Å². The SMILES string of the molecule is CN(C)CCOc1ccc(Nc2c(C#N)cnn2-c2cccc(Cl)c2)cc1. The summed E-state index contributed by atoms with van der Waals surface area (Å²) in [5.41, 5.74) is 2.05. The van der Waals surface area contributed by atoms with Gasteiger partial charge in [0.15, 0.2) is 5.82 Å². The molecule has 1 aromatic heterocycles. The fourth-order valence-electron chi connectivity index (χ4n) is 2.47. The van der Waals surface area contributed by atoms with Gasteiger partial charge in [-0.15, -0.1) is 0 Å². The van der Waals surface area contributed by atoms with Crippen LogP contribution in [-0.2, 0) is 0 Å². The number of anilines is 2. The molecule has 2 aromatic carbocycles. The van der Waals surface area contributed by atoms with E-state index in [-0.39, 0.29) is 0 Å². The first-order valence-electron chi connectivity index (χ1n) is 8.45. The standard InChI is InChI=1S/C20H20ClN5O/c1-25(2)10-11-27-19-8-6-17(7-9-19)24-20-15(13-22)14-23-26(20)18-5-3-4-16(21)12-18/h3-9,12,14,24H,10-11H2,1-2H3. The number of nitrogens with zero attached hydrogens (tertiary/aromatic N) is 4. The number of nitrogens with one attached hydrogen (secondary N) is 1. The summed E-state index contributed by atoms with van der Waals surface area (Å²) in [5.74, 6) is 1.38. The molecule has 0 saturated heterocycles. The fourth-order valence-corrected chi connectivity index (χ4v) is 2.66. The Labute approximate surface area is 163 Å². The minimum Gasteiger partial charge on any atom is -0.492 e. The van der Waals surface area contributed by atoms with Crippen LogP contribution in [0.1, 0.15) is 5.56 Å². The van der Waals surface area contributed by atoms with Crippen LogP contribution in [0.2, 0.25) is 5.02 Å². The van der Waals surface area contributed by atoms with E-state index in [0.717, 1.165) is 23.7 Å². The molecule has 7 heteroatoms. The number of rotatable bonds is 7. The first kappa shape index (κ1) is 18.8. The second-order valence-corrected chi connectivity index (χ2v) is 6.65. The number of hydrogen-bond donors (Lipinski definition) is 1. The summed E-state index contributed by atoms with van der Waals surface area (Å²) in [5, 5.41) is 17.6. The normalized spacial score (nSPS) is 10.6. The number of nitriles is 1. The third kappa shape index (κ3) is 4.79. The second kappa shape index (κ2) is 8.58. The van der Waals surface area contributed by atoms with Gasteiger partial charge >= 0.3 is 0 Å². The summed E-state index contributed by atoms with van der Waals surface area (Å²) in [6.07, 6.45) is 1.53. The molecule has 138 valence electrons. The Hall–Kier alpha value is -3.01. The van der Waals surface area contributed by atoms with Gasteiger partial charge in [-0.25, -0.2) is 4.68 Å². The number of ether oxygens (including phenoxy) is 1. The molecule has 0 aliphatic heterocycles. The Kier molecular flexibility index (Phi) is 5.97. The van der Waals surface area contributed by atoms with Gasteiger partial charge in [0.05, 0.1) is 11.9 Å². The van der Waals surface area contributed by atoms with Crippen molar-refractivity contribution >= 4 is 23.1 Å². The number of benzene rings is 2. The summed E-state index contributed by atoms with van der Waals surface area (Å²) in [4.78, 5) is 2.07. The monoisotopic (exact) mass is 381 g/mol. The Morgan fingerprint density at radius 1 is 1.22 bits per heavy atom. The quantitative estimate of drug-likeness (QED) is 0.668. The van der Waals surface area contributed by atoms with Crippen molar-refractivity contribution in [3.63, 3.8) is 0 Å². The minimum atomic E-state index is 0.446. The number of aromatic nitrogens is 2. The molecule has 6 nitrogen and oxygen atoms in total. The first-order chi connectivity index (χ1) is 13.1. The highest BCUT2D eigenvalue weighted by atomic mass is 35.5. The summed E-state index contributed by atoms with van der Waals surface area (Å²) in [7, 11) is 4.01. The summed E-state index contributed by atoms with van der Waals surface area (Å²) in [6, 6.07) is 17.1. The molecular weight excluding hydrogens is 362 g/mol. The lowest BCUT2D eigenvalue weighted by atomic mass is 10.2. The molecule has 3 rings (SSSR count). The van der Waals surface area contributed by atoms with E-state index in [1.807, 2.05) is 50.5 Å². The minimum absolute atomic E-state index is 0.446. The Morgan fingerprint density at radius 3 is 2.67 bits per heavy atom. The molecule has 0 atom stereocenters. The molecular formula is C20H20ClN5O. The van der Waals surface area contributed by atoms with Crippen molar-refractivity contribution in [2.24, 2.45) is 0 Å². The zero-order valence-electron chi connectivity index (χ0n) is 15.2. The number of halogens is 1. The maximum Gasteiger partial charge on any atom is 0.152 e. The summed E-state index contributed by atoms with van der Waals surface area (Å²) in [6.45, 7) is 1.48. The van der Waals surface area contributed by atoms with E-state index in [1.165, 1.54) is 6.20 Å². The van der Waals surface area contributed by atoms with Crippen LogP contribution >= 0.6 is 11.6 Å². The molecule has 0 aliphatic rings. The van der Waals surface area contributed by atoms with Gasteiger partial charge in [-0.1, -0.05) is 17.7 Å². The Balaban J connectivity index is 1.79. The maximum atomic E-state index is 9.40. The highest BCUT2D eigenvalue weighted by Gasteiger charge is 2.13. The summed E-state index contributed by atoms with van der Waals surface area (Å²) >= 11 is 6.08. The largest absolute Gasteiger partial charge is 0.492 e. The topological polar surface area (TPSA) is 66.1 Å². The molecule has 0 bridgehead atoms. The third-order valence-electron chi connectivity index (χ3n) is 3.87. The second-order valence-electron chi connectivity index (χ2n) is 6.21. The zero-order valence-corrected chi connectivity index (χ0v) is 15.9. The summed E-state index contributed by atoms with van der Waals surface area (Å²) < 4.78 is 7.36. The van der Waals surface area contributed by atoms with Gasteiger partial charge in [0, 0.05) is 17.3 Å². The van der Waals surface area contributed by atoms with Crippen LogP contribution in [0.15, 0.2) is 54.7 Å². The van der Waals surface area contributed by atoms with E-state index in [9.17, 15) is 5.26 Å². The molecule has 0 spiro atoms. The Bertz CT molecular complexity index is 944. The van der Waals surface area contributed by atoms with Gasteiger partial charge < -0.3 is 15.0 Å². The van der Waals surface area contributed by atoms with Crippen molar-refractivity contribution in [3.05, 3.63) is 65.3 Å². The van der Waals surface area contributed by atoms with Crippen LogP contribution in [-0.4, -0.2) is 41.9 Å². The molecule has 0 aliphatic carbocycles. The van der Waals surface area contributed by atoms with Crippen molar-refractivity contribution in [2.75, 3.05) is 32.6 Å². The van der Waals surface area contributed by atoms with E-state index in [0.29, 0.717) is 23.0 Å². The van der Waals surface area contributed by atoms with Gasteiger partial charge in [0.1, 0.15) is 24.0 Å². The van der Waals surface area contributed by atoms with Gasteiger partial charge in [0.2, 0.25) is 0 Å². The van der Waals surface area contributed by atoms with Crippen LogP contribution in [0.3, 0.4) is 0 Å². The van der Waals surface area contributed by atoms with Crippen molar-refractivity contribution in [2.45, 2.75) is 0 Å². The van der Waals surface area contributed by atoms with Crippen molar-refractivity contribution in [3.8, 4) is 17.5 Å². The van der Waals surface area contributed by atoms with Crippen LogP contribution in [0, 0.1) is 11.3 Å². The molecule has 0 unspecified atom stereocenters. The van der Waals surface area contributed by atoms with Crippen LogP contribution in [0.5, 0.6) is 5.75 Å². The molecule has 27 heavy (non-hydrogen) atoms. The maximum absolute atomic E-state index is 9.40. The van der Waals surface area contributed by atoms with E-state index < -0.39 is 0 Å². The lowest BCUT2D eigenvalue weighted by molar-refractivity contribution is 0.261. The smallest absolute Gasteiger partial charge is 0.152 e. The van der Waals surface area contributed by atoms with Crippen molar-refractivity contribution < 1.29 is 4.74 Å². The third-order valence-corrected chi connectivity index (χ3v) is 4.10. The van der Waals surface area contributed by atoms with Gasteiger partial charge in [-0.2, -0.15) is 10.4 Å². The van der Waals surface area contributed by atoms with Gasteiger partial charge in [0.25, 0.3) is 0 Å². The van der Waals surface area contributed by atoms with Gasteiger partial charge in [-0.3, -0.25) is 0 Å². The number of likely N-dealkylation sites (N-methyl/N-ethyl adjacent to an activating group) is 1. The average molecular weight is 382 g/mol. The predicted octanol–water partition coefficient (Wildman–Crippen LogP) is 4.08. The molecule has 0 radical (unpaired) electrons. The van der Waals surface area contributed by atoms with Crippen molar-refractivity contribution in [1.29, 1.82) is 5.26 Å². The molecule has 3 aromatic rings. The zero-order chi connectivity index (χ0) is 19.2. The lowest BCUT2D eigenvalue weighted by Crippen LogP contribution is -2.19. The van der Waals surface area contributed by atoms with Crippen LogP contribution < -0.4 is 10.1 Å². The highest BCUT2D eigenvalue weighted by molar-refractivity contribution is 6.30. The van der Waals surface area contributed by atoms with Gasteiger partial charge in [-0.05, 0) is 56.6 Å². The van der Waals surface area contributed by atoms with E-state index in [4.69, 9.17) is 16.3 Å².